The molecule has 3 aromatic rings. The second kappa shape index (κ2) is 8.34. The lowest BCUT2D eigenvalue weighted by molar-refractivity contribution is -0.111. The van der Waals surface area contributed by atoms with Crippen LogP contribution in [0.2, 0.25) is 0 Å². The average Bonchev–Trinajstić information content (AvgIpc) is 3.30. The molecular formula is C22H27N6O+. The molecule has 0 bridgehead atoms. The zero-order chi connectivity index (χ0) is 20.2. The minimum absolute atomic E-state index is 0.446. The van der Waals surface area contributed by atoms with Crippen molar-refractivity contribution in [1.29, 1.82) is 0 Å². The number of nitrogen functional groups attached to an aromatic ring is 1. The van der Waals surface area contributed by atoms with Crippen molar-refractivity contribution >= 4 is 17.2 Å². The smallest absolute Gasteiger partial charge is 0.213 e. The van der Waals surface area contributed by atoms with E-state index >= 15 is 0 Å². The van der Waals surface area contributed by atoms with E-state index in [0.717, 1.165) is 48.6 Å². The molecule has 0 spiro atoms. The summed E-state index contributed by atoms with van der Waals surface area (Å²) in [5, 5.41) is 10.9. The van der Waals surface area contributed by atoms with Gasteiger partial charge in [-0.25, -0.2) is 4.98 Å². The molecule has 0 amide bonds. The fourth-order valence-corrected chi connectivity index (χ4v) is 3.80. The highest BCUT2D eigenvalue weighted by molar-refractivity contribution is 6.12. The molecule has 4 rings (SSSR count). The number of nitrogens with two attached hydrogens (primary N) is 2. The van der Waals surface area contributed by atoms with E-state index in [1.807, 2.05) is 55.7 Å². The third-order valence-corrected chi connectivity index (χ3v) is 5.37. The summed E-state index contributed by atoms with van der Waals surface area (Å²) in [5.41, 5.74) is 9.12. The van der Waals surface area contributed by atoms with Gasteiger partial charge >= 0.3 is 0 Å². The maximum atomic E-state index is 6.49. The Balaban J connectivity index is 1.51. The molecule has 0 saturated carbocycles. The van der Waals surface area contributed by atoms with Crippen molar-refractivity contribution in [2.45, 2.75) is 25.8 Å². The highest BCUT2D eigenvalue weighted by Crippen LogP contribution is 2.26. The van der Waals surface area contributed by atoms with Crippen molar-refractivity contribution < 1.29 is 10.1 Å². The van der Waals surface area contributed by atoms with Gasteiger partial charge in [-0.2, -0.15) is 5.10 Å². The van der Waals surface area contributed by atoms with Crippen LogP contribution in [0.25, 0.3) is 0 Å². The van der Waals surface area contributed by atoms with E-state index in [9.17, 15) is 0 Å². The first-order chi connectivity index (χ1) is 14.2. The SMILES string of the molecule is CCOc1ccc(N)c(C(=[NH2+])c2ccnc(N3CCC(n4cccn4)CC3)c2)c1. The second-order valence-corrected chi connectivity index (χ2v) is 7.20. The minimum Gasteiger partial charge on any atom is -0.494 e. The first kappa shape index (κ1) is 19.0. The number of ether oxygens (including phenoxy) is 1. The fourth-order valence-electron chi connectivity index (χ4n) is 3.80. The van der Waals surface area contributed by atoms with E-state index in [2.05, 4.69) is 19.7 Å². The second-order valence-electron chi connectivity index (χ2n) is 7.20. The predicted molar refractivity (Wildman–Crippen MR) is 114 cm³/mol. The summed E-state index contributed by atoms with van der Waals surface area (Å²) in [6.07, 6.45) is 7.75. The standard InChI is InChI=1S/C22H26N6O/c1-2-29-18-4-5-20(23)19(15-18)22(24)16-6-10-25-21(14-16)27-12-7-17(8-13-27)28-11-3-9-26-28/h3-6,9-11,14-15,17,24H,2,7-8,12-13,23H2,1H3/p+1. The van der Waals surface area contributed by atoms with Gasteiger partial charge in [-0.3, -0.25) is 10.1 Å². The van der Waals surface area contributed by atoms with Crippen LogP contribution >= 0.6 is 0 Å². The van der Waals surface area contributed by atoms with Crippen LogP contribution in [0.3, 0.4) is 0 Å². The Kier molecular flexibility index (Phi) is 5.46. The fraction of sp³-hybridized carbons (Fsp3) is 0.318. The summed E-state index contributed by atoms with van der Waals surface area (Å²) in [4.78, 5) is 6.88. The van der Waals surface area contributed by atoms with Crippen molar-refractivity contribution in [2.24, 2.45) is 0 Å². The third kappa shape index (κ3) is 4.08. The van der Waals surface area contributed by atoms with Gasteiger partial charge in [-0.1, -0.05) is 0 Å². The molecule has 7 nitrogen and oxygen atoms in total. The highest BCUT2D eigenvalue weighted by atomic mass is 16.5. The van der Waals surface area contributed by atoms with E-state index in [-0.39, 0.29) is 0 Å². The third-order valence-electron chi connectivity index (χ3n) is 5.37. The number of nitrogens with zero attached hydrogens (tertiary/aromatic N) is 4. The highest BCUT2D eigenvalue weighted by Gasteiger charge is 2.23. The minimum atomic E-state index is 0.446. The van der Waals surface area contributed by atoms with Gasteiger partial charge < -0.3 is 15.4 Å². The molecule has 1 fully saturated rings. The molecule has 0 unspecified atom stereocenters. The molecule has 4 N–H and O–H groups in total. The van der Waals surface area contributed by atoms with E-state index in [0.29, 0.717) is 24.0 Å². The summed E-state index contributed by atoms with van der Waals surface area (Å²) in [5.74, 6) is 1.69. The van der Waals surface area contributed by atoms with Gasteiger partial charge in [0.05, 0.1) is 23.8 Å². The van der Waals surface area contributed by atoms with Crippen molar-refractivity contribution in [2.75, 3.05) is 30.3 Å². The summed E-state index contributed by atoms with van der Waals surface area (Å²) in [6, 6.07) is 12.0. The summed E-state index contributed by atoms with van der Waals surface area (Å²) in [7, 11) is 0. The van der Waals surface area contributed by atoms with Gasteiger partial charge in [0.1, 0.15) is 11.6 Å². The Morgan fingerprint density at radius 1 is 1.21 bits per heavy atom. The quantitative estimate of drug-likeness (QED) is 0.493. The Hall–Kier alpha value is -3.35. The van der Waals surface area contributed by atoms with Gasteiger partial charge in [0.25, 0.3) is 0 Å². The lowest BCUT2D eigenvalue weighted by atomic mass is 10.0. The summed E-state index contributed by atoms with van der Waals surface area (Å²) < 4.78 is 7.65. The van der Waals surface area contributed by atoms with Crippen LogP contribution < -0.4 is 20.8 Å². The van der Waals surface area contributed by atoms with Crippen molar-refractivity contribution in [1.82, 2.24) is 14.8 Å². The number of anilines is 2. The molecule has 7 heteroatoms. The van der Waals surface area contributed by atoms with Gasteiger partial charge in [0, 0.05) is 37.4 Å². The molecule has 0 radical (unpaired) electrons. The first-order valence-corrected chi connectivity index (χ1v) is 10.0. The Labute approximate surface area is 170 Å². The van der Waals surface area contributed by atoms with Crippen LogP contribution in [0.1, 0.15) is 36.9 Å². The van der Waals surface area contributed by atoms with E-state index in [1.165, 1.54) is 0 Å². The lowest BCUT2D eigenvalue weighted by Crippen LogP contribution is -2.41. The van der Waals surface area contributed by atoms with Gasteiger partial charge in [-0.05, 0) is 56.2 Å². The molecule has 0 aliphatic carbocycles. The Morgan fingerprint density at radius 2 is 2.03 bits per heavy atom. The predicted octanol–water partition coefficient (Wildman–Crippen LogP) is 1.70. The number of aromatic nitrogens is 3. The maximum absolute atomic E-state index is 6.49. The number of benzene rings is 1. The first-order valence-electron chi connectivity index (χ1n) is 10.0. The zero-order valence-corrected chi connectivity index (χ0v) is 16.7. The lowest BCUT2D eigenvalue weighted by Gasteiger charge is -2.33. The molecule has 1 aliphatic rings. The number of piperidine rings is 1. The average molecular weight is 391 g/mol. The van der Waals surface area contributed by atoms with E-state index in [4.69, 9.17) is 15.9 Å². The molecule has 1 aromatic carbocycles. The van der Waals surface area contributed by atoms with Gasteiger partial charge in [0.2, 0.25) is 5.71 Å². The van der Waals surface area contributed by atoms with Crippen molar-refractivity contribution in [3.05, 3.63) is 66.1 Å². The monoisotopic (exact) mass is 391 g/mol. The molecular weight excluding hydrogens is 364 g/mol. The van der Waals surface area contributed by atoms with E-state index in [1.54, 1.807) is 6.20 Å². The normalized spacial score (nSPS) is 14.7. The van der Waals surface area contributed by atoms with Crippen molar-refractivity contribution in [3.8, 4) is 5.75 Å². The Morgan fingerprint density at radius 3 is 2.76 bits per heavy atom. The summed E-state index contributed by atoms with van der Waals surface area (Å²) >= 11 is 0. The number of hydrogen-bond donors (Lipinski definition) is 2. The molecule has 1 saturated heterocycles. The van der Waals surface area contributed by atoms with E-state index < -0.39 is 0 Å². The summed E-state index contributed by atoms with van der Waals surface area (Å²) in [6.45, 7) is 4.41. The molecule has 3 heterocycles. The van der Waals surface area contributed by atoms with Crippen LogP contribution in [0, 0.1) is 0 Å². The Bertz CT molecular complexity index is 977. The van der Waals surface area contributed by atoms with Crippen LogP contribution in [0.4, 0.5) is 11.5 Å². The number of pyridine rings is 1. The molecule has 1 aliphatic heterocycles. The largest absolute Gasteiger partial charge is 0.494 e. The number of rotatable bonds is 6. The van der Waals surface area contributed by atoms with Crippen LogP contribution in [-0.4, -0.2) is 40.2 Å². The van der Waals surface area contributed by atoms with Crippen LogP contribution in [0.5, 0.6) is 5.75 Å². The van der Waals surface area contributed by atoms with Gasteiger partial charge in [0.15, 0.2) is 0 Å². The topological polar surface area (TPSA) is 94.8 Å². The molecule has 0 atom stereocenters. The van der Waals surface area contributed by atoms with Crippen LogP contribution in [-0.2, 0) is 0 Å². The van der Waals surface area contributed by atoms with Crippen LogP contribution in [0.15, 0.2) is 55.0 Å². The van der Waals surface area contributed by atoms with Gasteiger partial charge in [-0.15, -0.1) is 0 Å². The molecule has 29 heavy (non-hydrogen) atoms. The van der Waals surface area contributed by atoms with Crippen molar-refractivity contribution in [3.63, 3.8) is 0 Å². The number of hydrogen-bond acceptors (Lipinski definition) is 5. The molecule has 2 aromatic heterocycles. The zero-order valence-electron chi connectivity index (χ0n) is 16.7. The molecule has 150 valence electrons. The maximum Gasteiger partial charge on any atom is 0.213 e.